The second kappa shape index (κ2) is 8.48. The summed E-state index contributed by atoms with van der Waals surface area (Å²) < 4.78 is 0.940. The van der Waals surface area contributed by atoms with Crippen LogP contribution in [0.2, 0.25) is 0 Å². The van der Waals surface area contributed by atoms with Gasteiger partial charge in [-0.15, -0.1) is 0 Å². The molecule has 1 saturated heterocycles. The van der Waals surface area contributed by atoms with Gasteiger partial charge in [-0.05, 0) is 67.1 Å². The van der Waals surface area contributed by atoms with Gasteiger partial charge in [-0.25, -0.2) is 0 Å². The summed E-state index contributed by atoms with van der Waals surface area (Å²) in [6.45, 7) is 0.912. The molecule has 0 radical (unpaired) electrons. The van der Waals surface area contributed by atoms with E-state index in [0.717, 1.165) is 35.1 Å². The van der Waals surface area contributed by atoms with Crippen molar-refractivity contribution >= 4 is 33.4 Å². The van der Waals surface area contributed by atoms with Crippen molar-refractivity contribution in [1.82, 2.24) is 4.90 Å². The lowest BCUT2D eigenvalue weighted by atomic mass is 9.85. The summed E-state index contributed by atoms with van der Waals surface area (Å²) >= 11 is 3.37. The maximum absolute atomic E-state index is 12.8. The quantitative estimate of drug-likeness (QED) is 0.723. The van der Waals surface area contributed by atoms with Gasteiger partial charge in [-0.3, -0.25) is 9.59 Å². The van der Waals surface area contributed by atoms with E-state index in [2.05, 4.69) is 26.1 Å². The van der Waals surface area contributed by atoms with Crippen LogP contribution in [0.25, 0.3) is 0 Å². The fourth-order valence-electron chi connectivity index (χ4n) is 4.50. The van der Waals surface area contributed by atoms with Crippen LogP contribution in [-0.4, -0.2) is 29.3 Å². The van der Waals surface area contributed by atoms with Gasteiger partial charge in [-0.2, -0.15) is 0 Å². The average Bonchev–Trinajstić information content (AvgIpc) is 3.14. The molecule has 4 rings (SSSR count). The number of amides is 2. The van der Waals surface area contributed by atoms with E-state index in [1.807, 2.05) is 36.4 Å². The summed E-state index contributed by atoms with van der Waals surface area (Å²) in [5.74, 6) is 0.812. The molecule has 1 saturated carbocycles. The lowest BCUT2D eigenvalue weighted by Gasteiger charge is -2.31. The minimum atomic E-state index is -0.142. The first-order valence-corrected chi connectivity index (χ1v) is 10.8. The predicted molar refractivity (Wildman–Crippen MR) is 114 cm³/mol. The summed E-state index contributed by atoms with van der Waals surface area (Å²) in [6.07, 6.45) is 6.61. The number of hydrogen-bond donors (Lipinski definition) is 1. The lowest BCUT2D eigenvalue weighted by Crippen LogP contribution is -2.40. The number of fused-ring (bicyclic) bond motifs is 1. The smallest absolute Gasteiger partial charge is 0.255 e. The number of hydrogen-bond acceptors (Lipinski definition) is 2. The Morgan fingerprint density at radius 1 is 0.964 bits per heavy atom. The summed E-state index contributed by atoms with van der Waals surface area (Å²) in [5, 5.41) is 2.90. The number of carbonyl (C=O) groups excluding carboxylic acids is 2. The number of anilines is 1. The van der Waals surface area contributed by atoms with Crippen molar-refractivity contribution in [3.8, 4) is 0 Å². The Balaban J connectivity index is 1.35. The molecule has 28 heavy (non-hydrogen) atoms. The largest absolute Gasteiger partial charge is 0.339 e. The molecule has 2 aromatic carbocycles. The van der Waals surface area contributed by atoms with Crippen molar-refractivity contribution in [2.24, 2.45) is 5.92 Å². The van der Waals surface area contributed by atoms with E-state index in [0.29, 0.717) is 23.9 Å². The summed E-state index contributed by atoms with van der Waals surface area (Å²) in [4.78, 5) is 27.2. The normalized spacial score (nSPS) is 21.2. The SMILES string of the molecule is O=C(Nc1ccc(CC(=O)N2CCC3CCCCC32)cc1)c1ccc(Br)cc1. The topological polar surface area (TPSA) is 49.4 Å². The van der Waals surface area contributed by atoms with Gasteiger partial charge in [0.05, 0.1) is 6.42 Å². The molecular weight excluding hydrogens is 416 g/mol. The molecule has 2 atom stereocenters. The molecule has 1 aliphatic heterocycles. The number of benzene rings is 2. The Bertz CT molecular complexity index is 848. The molecule has 0 spiro atoms. The molecule has 5 heteroatoms. The molecule has 1 aliphatic carbocycles. The van der Waals surface area contributed by atoms with E-state index >= 15 is 0 Å². The van der Waals surface area contributed by atoms with Gasteiger partial charge in [0.25, 0.3) is 5.91 Å². The Hall–Kier alpha value is -2.14. The van der Waals surface area contributed by atoms with Crippen LogP contribution >= 0.6 is 15.9 Å². The minimum absolute atomic E-state index is 0.142. The van der Waals surface area contributed by atoms with Gasteiger partial charge in [0, 0.05) is 28.3 Å². The number of nitrogens with one attached hydrogen (secondary N) is 1. The van der Waals surface area contributed by atoms with Crippen LogP contribution in [0.4, 0.5) is 5.69 Å². The van der Waals surface area contributed by atoms with Crippen molar-refractivity contribution in [3.63, 3.8) is 0 Å². The van der Waals surface area contributed by atoms with Crippen molar-refractivity contribution < 1.29 is 9.59 Å². The third kappa shape index (κ3) is 4.30. The maximum Gasteiger partial charge on any atom is 0.255 e. The highest BCUT2D eigenvalue weighted by Crippen LogP contribution is 2.36. The van der Waals surface area contributed by atoms with E-state index in [9.17, 15) is 9.59 Å². The Morgan fingerprint density at radius 2 is 1.68 bits per heavy atom. The Labute approximate surface area is 174 Å². The van der Waals surface area contributed by atoms with E-state index in [4.69, 9.17) is 0 Å². The lowest BCUT2D eigenvalue weighted by molar-refractivity contribution is -0.132. The van der Waals surface area contributed by atoms with Crippen LogP contribution in [0.15, 0.2) is 53.0 Å². The molecular formula is C23H25BrN2O2. The molecule has 2 fully saturated rings. The first-order valence-electron chi connectivity index (χ1n) is 10.1. The van der Waals surface area contributed by atoms with Gasteiger partial charge in [0.1, 0.15) is 0 Å². The van der Waals surface area contributed by atoms with Crippen molar-refractivity contribution in [2.45, 2.75) is 44.6 Å². The number of carbonyl (C=O) groups is 2. The highest BCUT2D eigenvalue weighted by Gasteiger charge is 2.37. The van der Waals surface area contributed by atoms with Crippen LogP contribution in [0.3, 0.4) is 0 Å². The molecule has 0 bridgehead atoms. The van der Waals surface area contributed by atoms with Crippen molar-refractivity contribution in [1.29, 1.82) is 0 Å². The summed E-state index contributed by atoms with van der Waals surface area (Å²) in [5.41, 5.74) is 2.34. The number of likely N-dealkylation sites (tertiary alicyclic amines) is 1. The first kappa shape index (κ1) is 19.2. The van der Waals surface area contributed by atoms with Gasteiger partial charge in [0.15, 0.2) is 0 Å². The predicted octanol–water partition coefficient (Wildman–Crippen LogP) is 5.04. The van der Waals surface area contributed by atoms with Crippen LogP contribution in [0.1, 0.15) is 48.0 Å². The zero-order chi connectivity index (χ0) is 19.5. The monoisotopic (exact) mass is 440 g/mol. The summed E-state index contributed by atoms with van der Waals surface area (Å²) in [6, 6.07) is 15.3. The Kier molecular flexibility index (Phi) is 5.81. The Morgan fingerprint density at radius 3 is 2.43 bits per heavy atom. The minimum Gasteiger partial charge on any atom is -0.339 e. The van der Waals surface area contributed by atoms with Gasteiger partial charge >= 0.3 is 0 Å². The fraction of sp³-hybridized carbons (Fsp3) is 0.391. The molecule has 2 aromatic rings. The fourth-order valence-corrected chi connectivity index (χ4v) is 4.77. The van der Waals surface area contributed by atoms with Crippen molar-refractivity contribution in [2.75, 3.05) is 11.9 Å². The van der Waals surface area contributed by atoms with E-state index in [1.54, 1.807) is 12.1 Å². The maximum atomic E-state index is 12.8. The third-order valence-corrected chi connectivity index (χ3v) is 6.53. The zero-order valence-corrected chi connectivity index (χ0v) is 17.5. The molecule has 1 heterocycles. The van der Waals surface area contributed by atoms with Crippen LogP contribution in [0.5, 0.6) is 0 Å². The molecule has 4 nitrogen and oxygen atoms in total. The van der Waals surface area contributed by atoms with Gasteiger partial charge in [0.2, 0.25) is 5.91 Å². The third-order valence-electron chi connectivity index (χ3n) is 6.00. The standard InChI is InChI=1S/C23H25BrN2O2/c24-19-9-7-18(8-10-19)23(28)25-20-11-5-16(6-12-20)15-22(27)26-14-13-17-3-1-2-4-21(17)26/h5-12,17,21H,1-4,13-15H2,(H,25,28). The summed E-state index contributed by atoms with van der Waals surface area (Å²) in [7, 11) is 0. The van der Waals surface area contributed by atoms with Gasteiger partial charge in [-0.1, -0.05) is 40.9 Å². The molecule has 146 valence electrons. The molecule has 1 N–H and O–H groups in total. The molecule has 2 amide bonds. The van der Waals surface area contributed by atoms with Crippen LogP contribution < -0.4 is 5.32 Å². The van der Waals surface area contributed by atoms with E-state index in [1.165, 1.54) is 19.3 Å². The average molecular weight is 441 g/mol. The number of halogens is 1. The number of nitrogens with zero attached hydrogens (tertiary/aromatic N) is 1. The molecule has 0 aromatic heterocycles. The molecule has 2 aliphatic rings. The van der Waals surface area contributed by atoms with Gasteiger partial charge < -0.3 is 10.2 Å². The van der Waals surface area contributed by atoms with E-state index in [-0.39, 0.29) is 11.8 Å². The number of rotatable bonds is 4. The first-order chi connectivity index (χ1) is 13.6. The highest BCUT2D eigenvalue weighted by atomic mass is 79.9. The van der Waals surface area contributed by atoms with E-state index < -0.39 is 0 Å². The van der Waals surface area contributed by atoms with Crippen LogP contribution in [-0.2, 0) is 11.2 Å². The van der Waals surface area contributed by atoms with Crippen LogP contribution in [0, 0.1) is 5.92 Å². The zero-order valence-electron chi connectivity index (χ0n) is 15.9. The highest BCUT2D eigenvalue weighted by molar-refractivity contribution is 9.10. The second-order valence-corrected chi connectivity index (χ2v) is 8.74. The van der Waals surface area contributed by atoms with Crippen molar-refractivity contribution in [3.05, 3.63) is 64.1 Å². The second-order valence-electron chi connectivity index (χ2n) is 7.82. The molecule has 2 unspecified atom stereocenters.